The van der Waals surface area contributed by atoms with Gasteiger partial charge in [0.25, 0.3) is 10.0 Å². The van der Waals surface area contributed by atoms with E-state index in [-0.39, 0.29) is 22.8 Å². The largest absolute Gasteiger partial charge is 0.478 e. The third kappa shape index (κ3) is 4.04. The lowest BCUT2D eigenvalue weighted by Gasteiger charge is -2.24. The lowest BCUT2D eigenvalue weighted by Crippen LogP contribution is -2.32. The summed E-state index contributed by atoms with van der Waals surface area (Å²) >= 11 is 1.27. The van der Waals surface area contributed by atoms with Crippen molar-refractivity contribution in [1.82, 2.24) is 0 Å². The highest BCUT2D eigenvalue weighted by molar-refractivity contribution is 7.93. The van der Waals surface area contributed by atoms with Crippen LogP contribution in [0.4, 0.5) is 5.00 Å². The smallest absolute Gasteiger partial charge is 0.335 e. The number of unbranched alkanes of at least 4 members (excludes halogenated alkanes) is 1. The second-order valence-corrected chi connectivity index (χ2v) is 9.49. The summed E-state index contributed by atoms with van der Waals surface area (Å²) in [5.74, 6) is -1.32. The van der Waals surface area contributed by atoms with Gasteiger partial charge in [0.05, 0.1) is 16.0 Å². The molecule has 0 radical (unpaired) electrons. The van der Waals surface area contributed by atoms with Crippen molar-refractivity contribution in [3.63, 3.8) is 0 Å². The number of sulfonamides is 1. The molecule has 0 spiro atoms. The molecule has 2 aromatic carbocycles. The van der Waals surface area contributed by atoms with Gasteiger partial charge in [-0.1, -0.05) is 31.5 Å². The van der Waals surface area contributed by atoms with Crippen LogP contribution in [0.2, 0.25) is 0 Å². The molecule has 1 N–H and O–H groups in total. The van der Waals surface area contributed by atoms with Crippen molar-refractivity contribution >= 4 is 48.2 Å². The lowest BCUT2D eigenvalue weighted by atomic mass is 10.1. The van der Waals surface area contributed by atoms with E-state index < -0.39 is 16.0 Å². The minimum Gasteiger partial charge on any atom is -0.478 e. The van der Waals surface area contributed by atoms with Gasteiger partial charge < -0.3 is 5.11 Å². The van der Waals surface area contributed by atoms with Crippen LogP contribution in [0, 0.1) is 0 Å². The molecule has 0 unspecified atom stereocenters. The highest BCUT2D eigenvalue weighted by atomic mass is 32.2. The number of carboxylic acid groups (broad SMARTS) is 1. The zero-order chi connectivity index (χ0) is 21.2. The molecule has 29 heavy (non-hydrogen) atoms. The van der Waals surface area contributed by atoms with Gasteiger partial charge in [-0.25, -0.2) is 13.2 Å². The standard InChI is InChI=1S/C21H21NO5S2/c1-3-4-13-22(29(26,27)16-11-9-15(10-12-16)21(24)25)20-19(14(2)23)17-7-5-6-8-18(17)28-20/h5-12H,3-4,13H2,1-2H3,(H,24,25). The van der Waals surface area contributed by atoms with Crippen LogP contribution >= 0.6 is 11.3 Å². The summed E-state index contributed by atoms with van der Waals surface area (Å²) in [6.07, 6.45) is 1.41. The first kappa shape index (κ1) is 21.0. The van der Waals surface area contributed by atoms with Gasteiger partial charge in [-0.05, 0) is 43.7 Å². The molecule has 3 rings (SSSR count). The van der Waals surface area contributed by atoms with E-state index in [1.807, 2.05) is 31.2 Å². The molecule has 0 bridgehead atoms. The molecule has 6 nitrogen and oxygen atoms in total. The molecule has 8 heteroatoms. The van der Waals surface area contributed by atoms with Crippen LogP contribution < -0.4 is 4.31 Å². The third-order valence-electron chi connectivity index (χ3n) is 4.56. The summed E-state index contributed by atoms with van der Waals surface area (Å²) < 4.78 is 29.0. The summed E-state index contributed by atoms with van der Waals surface area (Å²) in [7, 11) is -3.97. The van der Waals surface area contributed by atoms with E-state index in [9.17, 15) is 18.0 Å². The average Bonchev–Trinajstić information content (AvgIpc) is 3.07. The third-order valence-corrected chi connectivity index (χ3v) is 7.68. The summed E-state index contributed by atoms with van der Waals surface area (Å²) in [6, 6.07) is 12.5. The van der Waals surface area contributed by atoms with Crippen LogP contribution in [0.15, 0.2) is 53.4 Å². The molecule has 1 heterocycles. The first-order chi connectivity index (χ1) is 13.8. The fourth-order valence-corrected chi connectivity index (χ4v) is 6.08. The number of hydrogen-bond donors (Lipinski definition) is 1. The molecule has 152 valence electrons. The van der Waals surface area contributed by atoms with Gasteiger partial charge >= 0.3 is 5.97 Å². The Morgan fingerprint density at radius 2 is 1.72 bits per heavy atom. The van der Waals surface area contributed by atoms with Crippen LogP contribution in [0.3, 0.4) is 0 Å². The van der Waals surface area contributed by atoms with Crippen molar-refractivity contribution in [3.05, 3.63) is 59.7 Å². The number of fused-ring (bicyclic) bond motifs is 1. The Morgan fingerprint density at radius 1 is 1.07 bits per heavy atom. The SMILES string of the molecule is CCCCN(c1sc2ccccc2c1C(C)=O)S(=O)(=O)c1ccc(C(=O)O)cc1. The summed E-state index contributed by atoms with van der Waals surface area (Å²) in [5.41, 5.74) is 0.405. The predicted molar refractivity (Wildman–Crippen MR) is 115 cm³/mol. The van der Waals surface area contributed by atoms with Crippen LogP contribution in [0.1, 0.15) is 47.4 Å². The number of rotatable bonds is 8. The Bertz CT molecular complexity index is 1160. The number of hydrogen-bond acceptors (Lipinski definition) is 5. The first-order valence-electron chi connectivity index (χ1n) is 9.16. The number of carbonyl (C=O) groups is 2. The van der Waals surface area contributed by atoms with Gasteiger partial charge in [-0.2, -0.15) is 0 Å². The second kappa shape index (κ2) is 8.34. The van der Waals surface area contributed by atoms with Gasteiger partial charge in [0, 0.05) is 16.6 Å². The predicted octanol–water partition coefficient (Wildman–Crippen LogP) is 4.80. The van der Waals surface area contributed by atoms with Crippen LogP contribution in [-0.2, 0) is 10.0 Å². The molecular weight excluding hydrogens is 410 g/mol. The minimum atomic E-state index is -3.97. The zero-order valence-corrected chi connectivity index (χ0v) is 17.7. The van der Waals surface area contributed by atoms with E-state index in [1.54, 1.807) is 0 Å². The van der Waals surface area contributed by atoms with E-state index in [4.69, 9.17) is 5.11 Å². The number of aromatic carboxylic acids is 1. The quantitative estimate of drug-likeness (QED) is 0.517. The molecule has 0 aliphatic carbocycles. The number of Topliss-reactive ketones (excluding diaryl/α,β-unsaturated/α-hetero) is 1. The Hall–Kier alpha value is -2.71. The molecular formula is C21H21NO5S2. The number of thiophene rings is 1. The lowest BCUT2D eigenvalue weighted by molar-refractivity contribution is 0.0696. The highest BCUT2D eigenvalue weighted by Gasteiger charge is 2.30. The van der Waals surface area contributed by atoms with Crippen molar-refractivity contribution in [3.8, 4) is 0 Å². The Kier molecular flexibility index (Phi) is 6.04. The number of carboxylic acids is 1. The van der Waals surface area contributed by atoms with E-state index in [2.05, 4.69) is 0 Å². The number of anilines is 1. The van der Waals surface area contributed by atoms with Gasteiger partial charge in [-0.3, -0.25) is 9.10 Å². The maximum atomic E-state index is 13.4. The maximum Gasteiger partial charge on any atom is 0.335 e. The van der Waals surface area contributed by atoms with Gasteiger partial charge in [0.2, 0.25) is 0 Å². The summed E-state index contributed by atoms with van der Waals surface area (Å²) in [4.78, 5) is 23.5. The molecule has 0 amide bonds. The molecule has 0 fully saturated rings. The van der Waals surface area contributed by atoms with E-state index in [1.165, 1.54) is 46.8 Å². The van der Waals surface area contributed by atoms with Crippen LogP contribution in [0.25, 0.3) is 10.1 Å². The normalized spacial score (nSPS) is 11.5. The van der Waals surface area contributed by atoms with Crippen molar-refractivity contribution in [2.24, 2.45) is 0 Å². The van der Waals surface area contributed by atoms with Gasteiger partial charge in [-0.15, -0.1) is 11.3 Å². The molecule has 0 atom stereocenters. The maximum absolute atomic E-state index is 13.4. The number of nitrogens with zero attached hydrogens (tertiary/aromatic N) is 1. The summed E-state index contributed by atoms with van der Waals surface area (Å²) in [5, 5.41) is 10.2. The minimum absolute atomic E-state index is 0.00874. The van der Waals surface area contributed by atoms with Gasteiger partial charge in [0.15, 0.2) is 5.78 Å². The topological polar surface area (TPSA) is 91.8 Å². The fourth-order valence-electron chi connectivity index (χ4n) is 3.08. The number of ketones is 1. The molecule has 0 aliphatic rings. The number of benzene rings is 2. The van der Waals surface area contributed by atoms with E-state index in [0.717, 1.165) is 16.5 Å². The van der Waals surface area contributed by atoms with Crippen molar-refractivity contribution in [2.75, 3.05) is 10.8 Å². The van der Waals surface area contributed by atoms with E-state index >= 15 is 0 Å². The van der Waals surface area contributed by atoms with E-state index in [0.29, 0.717) is 17.0 Å². The average molecular weight is 432 g/mol. The fraction of sp³-hybridized carbons (Fsp3) is 0.238. The molecule has 0 saturated heterocycles. The second-order valence-electron chi connectivity index (χ2n) is 6.59. The Balaban J connectivity index is 2.18. The Labute approximate surface area is 173 Å². The molecule has 1 aromatic heterocycles. The summed E-state index contributed by atoms with van der Waals surface area (Å²) in [6.45, 7) is 3.63. The highest BCUT2D eigenvalue weighted by Crippen LogP contribution is 2.40. The zero-order valence-electron chi connectivity index (χ0n) is 16.1. The molecule has 3 aromatic rings. The van der Waals surface area contributed by atoms with Crippen LogP contribution in [0.5, 0.6) is 0 Å². The van der Waals surface area contributed by atoms with Crippen molar-refractivity contribution in [2.45, 2.75) is 31.6 Å². The molecule has 0 saturated carbocycles. The monoisotopic (exact) mass is 431 g/mol. The van der Waals surface area contributed by atoms with Crippen LogP contribution in [-0.4, -0.2) is 31.8 Å². The number of carbonyl (C=O) groups excluding carboxylic acids is 1. The van der Waals surface area contributed by atoms with Gasteiger partial charge in [0.1, 0.15) is 5.00 Å². The first-order valence-corrected chi connectivity index (χ1v) is 11.4. The Morgan fingerprint density at radius 3 is 2.31 bits per heavy atom. The van der Waals surface area contributed by atoms with Crippen molar-refractivity contribution < 1.29 is 23.1 Å². The molecule has 0 aliphatic heterocycles. The van der Waals surface area contributed by atoms with Crippen molar-refractivity contribution in [1.29, 1.82) is 0 Å².